The summed E-state index contributed by atoms with van der Waals surface area (Å²) in [6, 6.07) is -1.85. The third-order valence-electron chi connectivity index (χ3n) is 5.32. The van der Waals surface area contributed by atoms with E-state index in [2.05, 4.69) is 4.18 Å². The summed E-state index contributed by atoms with van der Waals surface area (Å²) in [6.45, 7) is -1.47. The van der Waals surface area contributed by atoms with Crippen LogP contribution in [0.1, 0.15) is 19.3 Å². The molecular formula is C14H17F8NO5S. The number of nitrogens with zero attached hydrogens (tertiary/aromatic N) is 1. The van der Waals surface area contributed by atoms with E-state index in [-0.39, 0.29) is 12.8 Å². The van der Waals surface area contributed by atoms with E-state index in [4.69, 9.17) is 0 Å². The quantitative estimate of drug-likeness (QED) is 0.271. The highest BCUT2D eigenvalue weighted by Crippen LogP contribution is 2.43. The molecule has 2 aliphatic rings. The van der Waals surface area contributed by atoms with Crippen LogP contribution in [0.25, 0.3) is 0 Å². The molecule has 2 fully saturated rings. The van der Waals surface area contributed by atoms with E-state index in [0.717, 1.165) is 0 Å². The zero-order valence-corrected chi connectivity index (χ0v) is 15.3. The van der Waals surface area contributed by atoms with Gasteiger partial charge in [-0.05, 0) is 12.8 Å². The first-order valence-electron chi connectivity index (χ1n) is 8.49. The maximum absolute atomic E-state index is 13.9. The van der Waals surface area contributed by atoms with Gasteiger partial charge < -0.3 is 0 Å². The number of halogens is 8. The Morgan fingerprint density at radius 1 is 0.931 bits per heavy atom. The van der Waals surface area contributed by atoms with Crippen molar-refractivity contribution in [1.82, 2.24) is 0 Å². The average Bonchev–Trinajstić information content (AvgIpc) is 2.62. The van der Waals surface area contributed by atoms with Crippen molar-refractivity contribution in [2.75, 3.05) is 6.61 Å². The van der Waals surface area contributed by atoms with E-state index in [1.807, 2.05) is 0 Å². The second-order valence-electron chi connectivity index (χ2n) is 7.06. The van der Waals surface area contributed by atoms with Gasteiger partial charge in [0.05, 0.1) is 18.4 Å². The Hall–Kier alpha value is -1.25. The van der Waals surface area contributed by atoms with E-state index >= 15 is 0 Å². The van der Waals surface area contributed by atoms with E-state index in [1.165, 1.54) is 0 Å². The number of hydrogen-bond donors (Lipinski definition) is 0. The first-order valence-corrected chi connectivity index (χ1v) is 9.96. The van der Waals surface area contributed by atoms with Gasteiger partial charge in [-0.2, -0.15) is 21.6 Å². The Morgan fingerprint density at radius 2 is 1.41 bits per heavy atom. The van der Waals surface area contributed by atoms with Crippen LogP contribution in [0.5, 0.6) is 0 Å². The van der Waals surface area contributed by atoms with Gasteiger partial charge in [-0.1, -0.05) is 0 Å². The molecule has 170 valence electrons. The molecule has 15 heteroatoms. The fourth-order valence-corrected chi connectivity index (χ4v) is 5.22. The van der Waals surface area contributed by atoms with Crippen LogP contribution in [0.3, 0.4) is 0 Å². The Bertz CT molecular complexity index is 691. The van der Waals surface area contributed by atoms with Crippen molar-refractivity contribution in [2.24, 2.45) is 11.8 Å². The molecule has 7 unspecified atom stereocenters. The second kappa shape index (κ2) is 8.47. The standard InChI is InChI=1S/C14H17F8NO5S/c15-8-9(16)11(18)13(12(19)10(8)17)29(26,27)28-4-5-6(14(20,21)22)2-1-3-7(5)23(24)25/h5-13H,1-4H2. The van der Waals surface area contributed by atoms with Crippen LogP contribution in [0.15, 0.2) is 0 Å². The Morgan fingerprint density at radius 3 is 1.86 bits per heavy atom. The molecule has 2 rings (SSSR count). The fraction of sp³-hybridized carbons (Fsp3) is 1.00. The third kappa shape index (κ3) is 4.75. The average molecular weight is 463 g/mol. The van der Waals surface area contributed by atoms with Crippen LogP contribution in [-0.2, 0) is 14.3 Å². The Kier molecular flexibility index (Phi) is 7.02. The molecule has 0 aromatic rings. The molecule has 6 nitrogen and oxygen atoms in total. The summed E-state index contributed by atoms with van der Waals surface area (Å²) in [4.78, 5) is 10.0. The number of hydrogen-bond acceptors (Lipinski definition) is 5. The molecule has 0 spiro atoms. The predicted octanol–water partition coefficient (Wildman–Crippen LogP) is 3.03. The summed E-state index contributed by atoms with van der Waals surface area (Å²) in [6.07, 6.45) is -22.7. The molecule has 0 aromatic carbocycles. The molecule has 29 heavy (non-hydrogen) atoms. The molecular weight excluding hydrogens is 446 g/mol. The van der Waals surface area contributed by atoms with Gasteiger partial charge in [0.2, 0.25) is 6.04 Å². The van der Waals surface area contributed by atoms with Crippen molar-refractivity contribution in [3.05, 3.63) is 10.1 Å². The molecule has 0 radical (unpaired) electrons. The van der Waals surface area contributed by atoms with Crippen LogP contribution < -0.4 is 0 Å². The highest BCUT2D eigenvalue weighted by atomic mass is 32.2. The number of rotatable bonds is 5. The molecule has 0 bridgehead atoms. The lowest BCUT2D eigenvalue weighted by atomic mass is 9.76. The summed E-state index contributed by atoms with van der Waals surface area (Å²) in [5, 5.41) is 7.90. The van der Waals surface area contributed by atoms with Crippen molar-refractivity contribution >= 4 is 10.1 Å². The van der Waals surface area contributed by atoms with Crippen LogP contribution in [0.4, 0.5) is 35.1 Å². The normalized spacial score (nSPS) is 41.9. The topological polar surface area (TPSA) is 86.5 Å². The lowest BCUT2D eigenvalue weighted by molar-refractivity contribution is -0.541. The summed E-state index contributed by atoms with van der Waals surface area (Å²) in [7, 11) is -5.58. The van der Waals surface area contributed by atoms with Crippen molar-refractivity contribution in [3.8, 4) is 0 Å². The molecule has 0 aliphatic heterocycles. The maximum Gasteiger partial charge on any atom is 0.392 e. The van der Waals surface area contributed by atoms with Gasteiger partial charge in [0, 0.05) is 11.3 Å². The van der Waals surface area contributed by atoms with Crippen molar-refractivity contribution in [3.63, 3.8) is 0 Å². The minimum atomic E-state index is -5.58. The molecule has 0 aromatic heterocycles. The van der Waals surface area contributed by atoms with E-state index in [1.54, 1.807) is 0 Å². The molecule has 7 atom stereocenters. The Labute approximate surface area is 159 Å². The second-order valence-corrected chi connectivity index (χ2v) is 8.83. The molecule has 2 saturated carbocycles. The van der Waals surface area contributed by atoms with Crippen LogP contribution in [-0.4, -0.2) is 68.3 Å². The first-order chi connectivity index (χ1) is 13.2. The molecule has 0 heterocycles. The van der Waals surface area contributed by atoms with Gasteiger partial charge in [-0.3, -0.25) is 14.3 Å². The van der Waals surface area contributed by atoms with Crippen LogP contribution in [0.2, 0.25) is 0 Å². The highest BCUT2D eigenvalue weighted by Gasteiger charge is 2.60. The van der Waals surface area contributed by atoms with E-state index in [0.29, 0.717) is 0 Å². The third-order valence-corrected chi connectivity index (χ3v) is 6.97. The Balaban J connectivity index is 2.25. The van der Waals surface area contributed by atoms with Crippen LogP contribution in [0, 0.1) is 22.0 Å². The van der Waals surface area contributed by atoms with Crippen molar-refractivity contribution in [1.29, 1.82) is 0 Å². The predicted molar refractivity (Wildman–Crippen MR) is 80.8 cm³/mol. The van der Waals surface area contributed by atoms with Gasteiger partial charge in [0.15, 0.2) is 36.1 Å². The number of alkyl halides is 8. The summed E-state index contributed by atoms with van der Waals surface area (Å²) < 4.78 is 136. The van der Waals surface area contributed by atoms with Gasteiger partial charge in [0.1, 0.15) is 0 Å². The summed E-state index contributed by atoms with van der Waals surface area (Å²) in [5.74, 6) is -4.34. The summed E-state index contributed by atoms with van der Waals surface area (Å²) >= 11 is 0. The smallest absolute Gasteiger partial charge is 0.269 e. The van der Waals surface area contributed by atoms with E-state index in [9.17, 15) is 53.7 Å². The number of nitro groups is 1. The minimum absolute atomic E-state index is 0.175. The minimum Gasteiger partial charge on any atom is -0.269 e. The SMILES string of the molecule is O=[N+]([O-])C1CCCC(C(F)(F)F)C1COS(=O)(=O)C1C(F)C(F)C(F)C(F)C1F. The van der Waals surface area contributed by atoms with Gasteiger partial charge in [-0.25, -0.2) is 22.0 Å². The zero-order chi connectivity index (χ0) is 22.3. The van der Waals surface area contributed by atoms with Gasteiger partial charge in [0.25, 0.3) is 10.1 Å². The summed E-state index contributed by atoms with van der Waals surface area (Å²) in [5.41, 5.74) is 0. The zero-order valence-electron chi connectivity index (χ0n) is 14.4. The van der Waals surface area contributed by atoms with Crippen molar-refractivity contribution in [2.45, 2.75) is 67.6 Å². The van der Waals surface area contributed by atoms with E-state index < -0.39 is 88.2 Å². The highest BCUT2D eigenvalue weighted by molar-refractivity contribution is 7.87. The first kappa shape index (κ1) is 24.0. The molecule has 0 amide bonds. The van der Waals surface area contributed by atoms with Gasteiger partial charge in [-0.15, -0.1) is 0 Å². The largest absolute Gasteiger partial charge is 0.392 e. The van der Waals surface area contributed by atoms with Gasteiger partial charge >= 0.3 is 6.18 Å². The lowest BCUT2D eigenvalue weighted by Gasteiger charge is -2.37. The maximum atomic E-state index is 13.9. The van der Waals surface area contributed by atoms with Crippen molar-refractivity contribution < 1.29 is 52.6 Å². The fourth-order valence-electron chi connectivity index (χ4n) is 3.77. The molecule has 0 N–H and O–H groups in total. The molecule has 0 saturated heterocycles. The van der Waals surface area contributed by atoms with Crippen LogP contribution >= 0.6 is 0 Å². The lowest BCUT2D eigenvalue weighted by Crippen LogP contribution is -2.59. The molecule has 2 aliphatic carbocycles. The monoisotopic (exact) mass is 463 g/mol.